The van der Waals surface area contributed by atoms with Crippen LogP contribution in [0.3, 0.4) is 0 Å². The van der Waals surface area contributed by atoms with Crippen molar-refractivity contribution < 1.29 is 4.79 Å². The highest BCUT2D eigenvalue weighted by Crippen LogP contribution is 2.27. The summed E-state index contributed by atoms with van der Waals surface area (Å²) in [5, 5.41) is 10.5. The molecule has 0 aromatic carbocycles. The lowest BCUT2D eigenvalue weighted by Crippen LogP contribution is -2.28. The Bertz CT molecular complexity index is 451. The summed E-state index contributed by atoms with van der Waals surface area (Å²) in [7, 11) is 1.85. The van der Waals surface area contributed by atoms with E-state index in [0.717, 1.165) is 11.5 Å². The first-order chi connectivity index (χ1) is 9.32. The molecule has 20 heavy (non-hydrogen) atoms. The van der Waals surface area contributed by atoms with E-state index < -0.39 is 0 Å². The summed E-state index contributed by atoms with van der Waals surface area (Å²) in [5.74, 6) is 1.58. The van der Waals surface area contributed by atoms with Gasteiger partial charge in [-0.1, -0.05) is 27.7 Å². The van der Waals surface area contributed by atoms with E-state index in [4.69, 9.17) is 5.73 Å². The number of carbonyl (C=O) groups is 1. The molecule has 0 aliphatic heterocycles. The van der Waals surface area contributed by atoms with Gasteiger partial charge in [0.2, 0.25) is 5.91 Å². The van der Waals surface area contributed by atoms with E-state index in [9.17, 15) is 4.79 Å². The van der Waals surface area contributed by atoms with Crippen molar-refractivity contribution >= 4 is 17.4 Å². The standard InChI is InChI=1S/C14H27N5O/c1-9(2)8-17-11(20)6-7-16-14-12(15)13(10(3)4)18-19(14)5/h9-10,16H,6-8,15H2,1-5H3,(H,17,20). The van der Waals surface area contributed by atoms with Gasteiger partial charge in [-0.25, -0.2) is 0 Å². The van der Waals surface area contributed by atoms with Crippen molar-refractivity contribution in [1.82, 2.24) is 15.1 Å². The van der Waals surface area contributed by atoms with Crippen LogP contribution in [-0.2, 0) is 11.8 Å². The molecule has 1 aromatic rings. The van der Waals surface area contributed by atoms with Crippen LogP contribution in [0.5, 0.6) is 0 Å². The number of nitrogens with two attached hydrogens (primary N) is 1. The third kappa shape index (κ3) is 4.43. The van der Waals surface area contributed by atoms with Gasteiger partial charge in [0, 0.05) is 26.6 Å². The second-order valence-electron chi connectivity index (χ2n) is 5.80. The molecule has 0 aliphatic carbocycles. The second-order valence-corrected chi connectivity index (χ2v) is 5.80. The molecule has 0 radical (unpaired) electrons. The fraction of sp³-hybridized carbons (Fsp3) is 0.714. The molecule has 0 saturated heterocycles. The van der Waals surface area contributed by atoms with Crippen LogP contribution in [0.1, 0.15) is 45.7 Å². The van der Waals surface area contributed by atoms with E-state index in [-0.39, 0.29) is 11.8 Å². The summed E-state index contributed by atoms with van der Waals surface area (Å²) in [6.07, 6.45) is 0.425. The number of rotatable bonds is 7. The van der Waals surface area contributed by atoms with E-state index in [1.165, 1.54) is 0 Å². The van der Waals surface area contributed by atoms with E-state index in [2.05, 4.69) is 43.4 Å². The van der Waals surface area contributed by atoms with Crippen molar-refractivity contribution in [3.05, 3.63) is 5.69 Å². The predicted octanol–water partition coefficient (Wildman–Crippen LogP) is 1.70. The first-order valence-electron chi connectivity index (χ1n) is 7.15. The van der Waals surface area contributed by atoms with Gasteiger partial charge in [-0.2, -0.15) is 5.10 Å². The summed E-state index contributed by atoms with van der Waals surface area (Å²) in [6, 6.07) is 0. The van der Waals surface area contributed by atoms with Gasteiger partial charge in [0.25, 0.3) is 0 Å². The number of amides is 1. The molecule has 1 rings (SSSR count). The topological polar surface area (TPSA) is 85.0 Å². The van der Waals surface area contributed by atoms with Crippen molar-refractivity contribution in [1.29, 1.82) is 0 Å². The summed E-state index contributed by atoms with van der Waals surface area (Å²) in [6.45, 7) is 9.52. The Labute approximate surface area is 121 Å². The van der Waals surface area contributed by atoms with Gasteiger partial charge >= 0.3 is 0 Å². The maximum atomic E-state index is 11.6. The minimum Gasteiger partial charge on any atom is -0.394 e. The molecular formula is C14H27N5O. The molecule has 0 atom stereocenters. The van der Waals surface area contributed by atoms with Gasteiger partial charge in [0.1, 0.15) is 5.82 Å². The van der Waals surface area contributed by atoms with Crippen LogP contribution in [0.2, 0.25) is 0 Å². The Morgan fingerprint density at radius 1 is 1.35 bits per heavy atom. The smallest absolute Gasteiger partial charge is 0.221 e. The summed E-state index contributed by atoms with van der Waals surface area (Å²) < 4.78 is 1.73. The van der Waals surface area contributed by atoms with Crippen molar-refractivity contribution in [2.75, 3.05) is 24.1 Å². The van der Waals surface area contributed by atoms with Crippen LogP contribution >= 0.6 is 0 Å². The Morgan fingerprint density at radius 3 is 2.50 bits per heavy atom. The number of carbonyl (C=O) groups excluding carboxylic acids is 1. The zero-order valence-electron chi connectivity index (χ0n) is 13.2. The van der Waals surface area contributed by atoms with Gasteiger partial charge in [0.15, 0.2) is 0 Å². The lowest BCUT2D eigenvalue weighted by molar-refractivity contribution is -0.120. The van der Waals surface area contributed by atoms with Crippen LogP contribution in [0.4, 0.5) is 11.5 Å². The molecular weight excluding hydrogens is 254 g/mol. The molecule has 1 amide bonds. The summed E-state index contributed by atoms with van der Waals surface area (Å²) in [4.78, 5) is 11.6. The average molecular weight is 281 g/mol. The second kappa shape index (κ2) is 7.17. The van der Waals surface area contributed by atoms with Crippen molar-refractivity contribution in [3.8, 4) is 0 Å². The van der Waals surface area contributed by atoms with E-state index in [0.29, 0.717) is 31.1 Å². The summed E-state index contributed by atoms with van der Waals surface area (Å²) in [5.41, 5.74) is 7.63. The summed E-state index contributed by atoms with van der Waals surface area (Å²) >= 11 is 0. The Hall–Kier alpha value is -1.72. The maximum absolute atomic E-state index is 11.6. The fourth-order valence-electron chi connectivity index (χ4n) is 1.90. The number of aromatic nitrogens is 2. The highest BCUT2D eigenvalue weighted by molar-refractivity contribution is 5.76. The number of nitrogens with one attached hydrogen (secondary N) is 2. The molecule has 0 spiro atoms. The third-order valence-electron chi connectivity index (χ3n) is 3.01. The van der Waals surface area contributed by atoms with Crippen molar-refractivity contribution in [2.24, 2.45) is 13.0 Å². The monoisotopic (exact) mass is 281 g/mol. The molecule has 0 saturated carbocycles. The molecule has 1 aromatic heterocycles. The molecule has 0 bridgehead atoms. The number of nitrogen functional groups attached to an aromatic ring is 1. The van der Waals surface area contributed by atoms with Crippen LogP contribution < -0.4 is 16.4 Å². The number of nitrogens with zero attached hydrogens (tertiary/aromatic N) is 2. The first kappa shape index (κ1) is 16.3. The van der Waals surface area contributed by atoms with Crippen molar-refractivity contribution in [3.63, 3.8) is 0 Å². The van der Waals surface area contributed by atoms with Gasteiger partial charge in [-0.05, 0) is 11.8 Å². The van der Waals surface area contributed by atoms with Crippen LogP contribution in [0.15, 0.2) is 0 Å². The molecule has 4 N–H and O–H groups in total. The zero-order valence-corrected chi connectivity index (χ0v) is 13.2. The Kier molecular flexibility index (Phi) is 5.85. The van der Waals surface area contributed by atoms with Crippen LogP contribution in [0.25, 0.3) is 0 Å². The molecule has 6 nitrogen and oxygen atoms in total. The molecule has 6 heteroatoms. The van der Waals surface area contributed by atoms with Gasteiger partial charge in [-0.15, -0.1) is 0 Å². The molecule has 1 heterocycles. The zero-order chi connectivity index (χ0) is 15.3. The van der Waals surface area contributed by atoms with Crippen molar-refractivity contribution in [2.45, 2.75) is 40.0 Å². The number of hydrogen-bond acceptors (Lipinski definition) is 4. The Morgan fingerprint density at radius 2 is 2.00 bits per heavy atom. The minimum absolute atomic E-state index is 0.0519. The quantitative estimate of drug-likeness (QED) is 0.710. The first-order valence-corrected chi connectivity index (χ1v) is 7.15. The third-order valence-corrected chi connectivity index (χ3v) is 3.01. The normalized spacial score (nSPS) is 11.2. The highest BCUT2D eigenvalue weighted by atomic mass is 16.1. The number of aryl methyl sites for hydroxylation is 1. The minimum atomic E-state index is 0.0519. The molecule has 0 aliphatic rings. The molecule has 0 fully saturated rings. The molecule has 114 valence electrons. The predicted molar refractivity (Wildman–Crippen MR) is 82.7 cm³/mol. The lowest BCUT2D eigenvalue weighted by atomic mass is 10.1. The number of hydrogen-bond donors (Lipinski definition) is 3. The Balaban J connectivity index is 2.48. The lowest BCUT2D eigenvalue weighted by Gasteiger charge is -2.09. The average Bonchev–Trinajstić information content (AvgIpc) is 2.64. The van der Waals surface area contributed by atoms with E-state index in [1.54, 1.807) is 4.68 Å². The number of anilines is 2. The van der Waals surface area contributed by atoms with Gasteiger partial charge < -0.3 is 16.4 Å². The highest BCUT2D eigenvalue weighted by Gasteiger charge is 2.15. The van der Waals surface area contributed by atoms with Gasteiger partial charge in [0.05, 0.1) is 11.4 Å². The largest absolute Gasteiger partial charge is 0.394 e. The van der Waals surface area contributed by atoms with Gasteiger partial charge in [-0.3, -0.25) is 9.48 Å². The SMILES string of the molecule is CC(C)CNC(=O)CCNc1c(N)c(C(C)C)nn1C. The molecule has 0 unspecified atom stereocenters. The maximum Gasteiger partial charge on any atom is 0.221 e. The van der Waals surface area contributed by atoms with E-state index in [1.807, 2.05) is 7.05 Å². The van der Waals surface area contributed by atoms with Crippen LogP contribution in [0, 0.1) is 5.92 Å². The van der Waals surface area contributed by atoms with E-state index >= 15 is 0 Å². The fourth-order valence-corrected chi connectivity index (χ4v) is 1.90. The van der Waals surface area contributed by atoms with Crippen LogP contribution in [-0.4, -0.2) is 28.8 Å².